The Morgan fingerprint density at radius 1 is 1.38 bits per heavy atom. The maximum Gasteiger partial charge on any atom is 0.331 e. The lowest BCUT2D eigenvalue weighted by Crippen LogP contribution is -2.43. The molecule has 2 aliphatic rings. The second-order valence-electron chi connectivity index (χ2n) is 5.14. The third kappa shape index (κ3) is 2.01. The number of nitrogens with zero attached hydrogens (tertiary/aromatic N) is 1. The van der Waals surface area contributed by atoms with Crippen molar-refractivity contribution in [1.82, 2.24) is 4.90 Å². The molecule has 0 aromatic heterocycles. The molecular weight excluding hydrogens is 202 g/mol. The van der Waals surface area contributed by atoms with E-state index in [9.17, 15) is 9.90 Å². The van der Waals surface area contributed by atoms with Gasteiger partial charge in [0.25, 0.3) is 0 Å². The SMILES string of the molecule is CCC(C(=O)O)=C1C2CCCC1CN(C)C2. The number of fused-ring (bicyclic) bond motifs is 2. The minimum atomic E-state index is -0.695. The van der Waals surface area contributed by atoms with Gasteiger partial charge in [-0.25, -0.2) is 4.79 Å². The zero-order chi connectivity index (χ0) is 11.7. The number of carboxylic acid groups (broad SMARTS) is 1. The second kappa shape index (κ2) is 4.58. The van der Waals surface area contributed by atoms with Gasteiger partial charge in [0.1, 0.15) is 0 Å². The first-order valence-corrected chi connectivity index (χ1v) is 6.28. The van der Waals surface area contributed by atoms with Crippen molar-refractivity contribution in [3.8, 4) is 0 Å². The number of carbonyl (C=O) groups is 1. The van der Waals surface area contributed by atoms with Crippen molar-refractivity contribution >= 4 is 5.97 Å². The van der Waals surface area contributed by atoms with E-state index in [2.05, 4.69) is 11.9 Å². The van der Waals surface area contributed by atoms with Crippen molar-refractivity contribution in [2.24, 2.45) is 11.8 Å². The van der Waals surface area contributed by atoms with Crippen LogP contribution in [0.25, 0.3) is 0 Å². The second-order valence-corrected chi connectivity index (χ2v) is 5.14. The summed E-state index contributed by atoms with van der Waals surface area (Å²) >= 11 is 0. The Morgan fingerprint density at radius 3 is 2.38 bits per heavy atom. The predicted octanol–water partition coefficient (Wildman–Crippen LogP) is 2.14. The number of piperidine rings is 1. The molecule has 1 aliphatic heterocycles. The number of carboxylic acids is 1. The Labute approximate surface area is 97.1 Å². The number of likely N-dealkylation sites (tertiary alicyclic amines) is 1. The van der Waals surface area contributed by atoms with Crippen LogP contribution in [-0.4, -0.2) is 36.1 Å². The van der Waals surface area contributed by atoms with E-state index in [0.717, 1.165) is 13.1 Å². The average molecular weight is 223 g/mol. The van der Waals surface area contributed by atoms with E-state index in [1.807, 2.05) is 6.92 Å². The summed E-state index contributed by atoms with van der Waals surface area (Å²) in [7, 11) is 2.15. The number of aliphatic carboxylic acids is 1. The van der Waals surface area contributed by atoms with Crippen LogP contribution in [0.3, 0.4) is 0 Å². The molecule has 2 unspecified atom stereocenters. The van der Waals surface area contributed by atoms with Gasteiger partial charge >= 0.3 is 5.97 Å². The Kier molecular flexibility index (Phi) is 3.33. The normalized spacial score (nSPS) is 30.2. The minimum absolute atomic E-state index is 0.503. The topological polar surface area (TPSA) is 40.5 Å². The first-order chi connectivity index (χ1) is 7.63. The summed E-state index contributed by atoms with van der Waals surface area (Å²) in [5.74, 6) is 0.311. The Hall–Kier alpha value is -0.830. The van der Waals surface area contributed by atoms with Gasteiger partial charge in [0, 0.05) is 18.7 Å². The molecule has 1 saturated carbocycles. The molecule has 1 N–H and O–H groups in total. The van der Waals surface area contributed by atoms with Gasteiger partial charge in [0.15, 0.2) is 0 Å². The molecule has 0 aromatic carbocycles. The lowest BCUT2D eigenvalue weighted by atomic mass is 9.71. The lowest BCUT2D eigenvalue weighted by molar-refractivity contribution is -0.133. The molecule has 2 rings (SSSR count). The van der Waals surface area contributed by atoms with E-state index in [1.165, 1.54) is 24.8 Å². The molecular formula is C13H21NO2. The van der Waals surface area contributed by atoms with Crippen LogP contribution in [0.4, 0.5) is 0 Å². The fourth-order valence-corrected chi connectivity index (χ4v) is 3.43. The van der Waals surface area contributed by atoms with Crippen LogP contribution in [-0.2, 0) is 4.79 Å². The largest absolute Gasteiger partial charge is 0.478 e. The van der Waals surface area contributed by atoms with Crippen LogP contribution < -0.4 is 0 Å². The molecule has 1 saturated heterocycles. The quantitative estimate of drug-likeness (QED) is 0.729. The molecule has 1 heterocycles. The molecule has 2 atom stereocenters. The molecule has 3 nitrogen and oxygen atoms in total. The monoisotopic (exact) mass is 223 g/mol. The van der Waals surface area contributed by atoms with Crippen LogP contribution in [0.15, 0.2) is 11.1 Å². The van der Waals surface area contributed by atoms with Crippen LogP contribution >= 0.6 is 0 Å². The van der Waals surface area contributed by atoms with Crippen molar-refractivity contribution in [1.29, 1.82) is 0 Å². The van der Waals surface area contributed by atoms with Crippen LogP contribution in [0.5, 0.6) is 0 Å². The number of hydrogen-bond acceptors (Lipinski definition) is 2. The number of hydrogen-bond donors (Lipinski definition) is 1. The summed E-state index contributed by atoms with van der Waals surface area (Å²) in [6, 6.07) is 0. The molecule has 3 heteroatoms. The summed E-state index contributed by atoms with van der Waals surface area (Å²) in [6.45, 7) is 4.05. The fourth-order valence-electron chi connectivity index (χ4n) is 3.43. The van der Waals surface area contributed by atoms with Gasteiger partial charge in [-0.2, -0.15) is 0 Å². The van der Waals surface area contributed by atoms with Gasteiger partial charge in [-0.15, -0.1) is 0 Å². The van der Waals surface area contributed by atoms with Gasteiger partial charge in [-0.3, -0.25) is 0 Å². The fraction of sp³-hybridized carbons (Fsp3) is 0.769. The van der Waals surface area contributed by atoms with Crippen molar-refractivity contribution in [2.75, 3.05) is 20.1 Å². The van der Waals surface area contributed by atoms with E-state index >= 15 is 0 Å². The third-order valence-electron chi connectivity index (χ3n) is 4.01. The zero-order valence-corrected chi connectivity index (χ0v) is 10.2. The van der Waals surface area contributed by atoms with Gasteiger partial charge < -0.3 is 10.0 Å². The highest BCUT2D eigenvalue weighted by Crippen LogP contribution is 2.41. The van der Waals surface area contributed by atoms with Crippen molar-refractivity contribution in [2.45, 2.75) is 32.6 Å². The summed E-state index contributed by atoms with van der Waals surface area (Å²) in [4.78, 5) is 13.6. The number of rotatable bonds is 2. The Balaban J connectivity index is 2.35. The molecule has 16 heavy (non-hydrogen) atoms. The van der Waals surface area contributed by atoms with Crippen molar-refractivity contribution in [3.63, 3.8) is 0 Å². The first kappa shape index (κ1) is 11.6. The maximum atomic E-state index is 11.3. The van der Waals surface area contributed by atoms with Crippen LogP contribution in [0.2, 0.25) is 0 Å². The van der Waals surface area contributed by atoms with Gasteiger partial charge in [-0.1, -0.05) is 18.9 Å². The molecule has 0 amide bonds. The first-order valence-electron chi connectivity index (χ1n) is 6.28. The average Bonchev–Trinajstić information content (AvgIpc) is 2.19. The van der Waals surface area contributed by atoms with Gasteiger partial charge in [0.2, 0.25) is 0 Å². The van der Waals surface area contributed by atoms with Crippen molar-refractivity contribution < 1.29 is 9.90 Å². The Morgan fingerprint density at radius 2 is 1.94 bits per heavy atom. The standard InChI is InChI=1S/C13H21NO2/c1-3-11(13(15)16)12-9-5-4-6-10(12)8-14(2)7-9/h9-10H,3-8H2,1-2H3,(H,15,16). The van der Waals surface area contributed by atoms with Crippen LogP contribution in [0, 0.1) is 11.8 Å². The lowest BCUT2D eigenvalue weighted by Gasteiger charge is -2.43. The Bertz CT molecular complexity index is 306. The summed E-state index contributed by atoms with van der Waals surface area (Å²) in [6.07, 6.45) is 4.28. The summed E-state index contributed by atoms with van der Waals surface area (Å²) in [5, 5.41) is 9.28. The molecule has 0 aromatic rings. The summed E-state index contributed by atoms with van der Waals surface area (Å²) < 4.78 is 0. The van der Waals surface area contributed by atoms with Crippen LogP contribution in [0.1, 0.15) is 32.6 Å². The van der Waals surface area contributed by atoms with Gasteiger partial charge in [0.05, 0.1) is 0 Å². The highest BCUT2D eigenvalue weighted by atomic mass is 16.4. The highest BCUT2D eigenvalue weighted by molar-refractivity contribution is 5.87. The van der Waals surface area contributed by atoms with E-state index in [0.29, 0.717) is 23.8 Å². The molecule has 90 valence electrons. The minimum Gasteiger partial charge on any atom is -0.478 e. The summed E-state index contributed by atoms with van der Waals surface area (Å²) in [5.41, 5.74) is 1.97. The molecule has 0 spiro atoms. The molecule has 2 fully saturated rings. The predicted molar refractivity (Wildman–Crippen MR) is 63.3 cm³/mol. The van der Waals surface area contributed by atoms with E-state index < -0.39 is 5.97 Å². The maximum absolute atomic E-state index is 11.3. The smallest absolute Gasteiger partial charge is 0.331 e. The van der Waals surface area contributed by atoms with Gasteiger partial charge in [-0.05, 0) is 38.1 Å². The highest BCUT2D eigenvalue weighted by Gasteiger charge is 2.36. The van der Waals surface area contributed by atoms with Crippen molar-refractivity contribution in [3.05, 3.63) is 11.1 Å². The molecule has 2 bridgehead atoms. The van der Waals surface area contributed by atoms with E-state index in [-0.39, 0.29) is 0 Å². The zero-order valence-electron chi connectivity index (χ0n) is 10.2. The third-order valence-corrected chi connectivity index (χ3v) is 4.01. The van der Waals surface area contributed by atoms with E-state index in [4.69, 9.17) is 0 Å². The molecule has 0 radical (unpaired) electrons. The van der Waals surface area contributed by atoms with E-state index in [1.54, 1.807) is 0 Å². The molecule has 1 aliphatic carbocycles.